The van der Waals surface area contributed by atoms with Gasteiger partial charge in [-0.2, -0.15) is 5.53 Å². The number of anilines is 1. The largest absolute Gasteiger partial charge is 0.365 e. The van der Waals surface area contributed by atoms with Gasteiger partial charge in [0, 0.05) is 26.2 Å². The Morgan fingerprint density at radius 3 is 2.72 bits per heavy atom. The van der Waals surface area contributed by atoms with E-state index in [1.54, 1.807) is 18.2 Å². The molecule has 2 heterocycles. The molecule has 0 aliphatic carbocycles. The predicted molar refractivity (Wildman–Crippen MR) is 94.9 cm³/mol. The fraction of sp³-hybridized carbons (Fsp3) is 0.588. The lowest BCUT2D eigenvalue weighted by Crippen LogP contribution is -2.56. The van der Waals surface area contributed by atoms with Crippen molar-refractivity contribution in [2.24, 2.45) is 0 Å². The Hall–Kier alpha value is -1.74. The molecular formula is C17H27FN6O. The van der Waals surface area contributed by atoms with Crippen molar-refractivity contribution < 1.29 is 9.18 Å². The zero-order chi connectivity index (χ0) is 17.6. The van der Waals surface area contributed by atoms with Gasteiger partial charge >= 0.3 is 0 Å². The smallest absolute Gasteiger partial charge is 0.244 e. The second kappa shape index (κ2) is 8.57. The average molecular weight is 350 g/mol. The molecular weight excluding hydrogens is 323 g/mol. The van der Waals surface area contributed by atoms with Crippen LogP contribution in [-0.2, 0) is 4.79 Å². The van der Waals surface area contributed by atoms with Crippen LogP contribution in [0.1, 0.15) is 19.8 Å². The summed E-state index contributed by atoms with van der Waals surface area (Å²) in [7, 11) is 0. The minimum atomic E-state index is -0.498. The van der Waals surface area contributed by atoms with Crippen LogP contribution < -0.4 is 21.7 Å². The van der Waals surface area contributed by atoms with E-state index in [1.165, 1.54) is 18.9 Å². The van der Waals surface area contributed by atoms with Gasteiger partial charge in [0.15, 0.2) is 0 Å². The Bertz CT molecular complexity index is 578. The Kier molecular flexibility index (Phi) is 6.19. The molecule has 3 rings (SSSR count). The number of amides is 1. The molecule has 2 aliphatic rings. The Balaban J connectivity index is 1.55. The molecule has 0 aromatic heterocycles. The molecule has 2 saturated heterocycles. The number of piperazine rings is 1. The van der Waals surface area contributed by atoms with Crippen LogP contribution in [0, 0.1) is 5.82 Å². The summed E-state index contributed by atoms with van der Waals surface area (Å²) in [5, 5.41) is 3.05. The third-order valence-corrected chi connectivity index (χ3v) is 4.75. The number of hydrogen-bond donors (Lipinski definition) is 4. The van der Waals surface area contributed by atoms with Gasteiger partial charge in [-0.1, -0.05) is 25.5 Å². The van der Waals surface area contributed by atoms with Gasteiger partial charge in [0.05, 0.1) is 5.69 Å². The summed E-state index contributed by atoms with van der Waals surface area (Å²) in [6.45, 7) is 6.56. The first-order valence-electron chi connectivity index (χ1n) is 8.97. The Morgan fingerprint density at radius 1 is 1.24 bits per heavy atom. The van der Waals surface area contributed by atoms with Crippen molar-refractivity contribution in [3.8, 4) is 0 Å². The van der Waals surface area contributed by atoms with Crippen molar-refractivity contribution in [2.45, 2.75) is 32.0 Å². The highest BCUT2D eigenvalue weighted by Gasteiger charge is 2.36. The highest BCUT2D eigenvalue weighted by atomic mass is 19.1. The topological polar surface area (TPSA) is 71.7 Å². The lowest BCUT2D eigenvalue weighted by atomic mass is 10.1. The fourth-order valence-corrected chi connectivity index (χ4v) is 3.20. The summed E-state index contributed by atoms with van der Waals surface area (Å²) >= 11 is 0. The Labute approximate surface area is 147 Å². The zero-order valence-electron chi connectivity index (χ0n) is 14.6. The van der Waals surface area contributed by atoms with Crippen LogP contribution in [0.2, 0.25) is 0 Å². The van der Waals surface area contributed by atoms with Gasteiger partial charge in [-0.3, -0.25) is 9.69 Å². The molecule has 2 fully saturated rings. The minimum Gasteiger partial charge on any atom is -0.365 e. The van der Waals surface area contributed by atoms with Crippen molar-refractivity contribution >= 4 is 11.6 Å². The van der Waals surface area contributed by atoms with Crippen LogP contribution in [0.4, 0.5) is 10.1 Å². The van der Waals surface area contributed by atoms with Crippen molar-refractivity contribution in [3.05, 3.63) is 30.1 Å². The van der Waals surface area contributed by atoms with E-state index >= 15 is 0 Å². The summed E-state index contributed by atoms with van der Waals surface area (Å²) in [5.74, 6) is -0.326. The number of hydrazine groups is 2. The molecule has 2 aliphatic heterocycles. The second-order valence-electron chi connectivity index (χ2n) is 6.51. The molecule has 0 radical (unpaired) electrons. The van der Waals surface area contributed by atoms with Crippen molar-refractivity contribution in [1.82, 2.24) is 26.2 Å². The highest BCUT2D eigenvalue weighted by Crippen LogP contribution is 2.16. The number of carbonyl (C=O) groups is 1. The van der Waals surface area contributed by atoms with E-state index in [1.807, 2.05) is 4.90 Å². The average Bonchev–Trinajstić information content (AvgIpc) is 3.10. The number of halogens is 1. The van der Waals surface area contributed by atoms with Gasteiger partial charge in [0.2, 0.25) is 5.91 Å². The number of hydrogen-bond acceptors (Lipinski definition) is 6. The van der Waals surface area contributed by atoms with E-state index < -0.39 is 12.2 Å². The van der Waals surface area contributed by atoms with Crippen LogP contribution in [-0.4, -0.2) is 60.6 Å². The molecule has 1 aromatic carbocycles. The van der Waals surface area contributed by atoms with Crippen LogP contribution in [0.5, 0.6) is 0 Å². The van der Waals surface area contributed by atoms with Gasteiger partial charge in [-0.25, -0.2) is 15.2 Å². The van der Waals surface area contributed by atoms with E-state index in [2.05, 4.69) is 33.5 Å². The van der Waals surface area contributed by atoms with Crippen molar-refractivity contribution in [1.29, 1.82) is 0 Å². The van der Waals surface area contributed by atoms with E-state index in [-0.39, 0.29) is 11.7 Å². The maximum absolute atomic E-state index is 13.8. The third-order valence-electron chi connectivity index (χ3n) is 4.75. The van der Waals surface area contributed by atoms with Gasteiger partial charge in [-0.05, 0) is 25.1 Å². The first-order valence-corrected chi connectivity index (χ1v) is 8.97. The molecule has 1 aromatic rings. The first kappa shape index (κ1) is 18.1. The lowest BCUT2D eigenvalue weighted by Gasteiger charge is -2.36. The molecule has 1 amide bonds. The van der Waals surface area contributed by atoms with E-state index in [0.717, 1.165) is 32.7 Å². The number of para-hydroxylation sites is 1. The molecule has 8 heteroatoms. The van der Waals surface area contributed by atoms with Crippen LogP contribution >= 0.6 is 0 Å². The SMILES string of the molecule is CCCCN1CCN(C(=O)C2NNNC2Nc2ccccc2F)CC1. The highest BCUT2D eigenvalue weighted by molar-refractivity contribution is 5.83. The number of unbranched alkanes of at least 4 members (excludes halogenated alkanes) is 1. The molecule has 138 valence electrons. The van der Waals surface area contributed by atoms with Gasteiger partial charge in [-0.15, -0.1) is 0 Å². The molecule has 0 bridgehead atoms. The van der Waals surface area contributed by atoms with Crippen molar-refractivity contribution in [3.63, 3.8) is 0 Å². The summed E-state index contributed by atoms with van der Waals surface area (Å²) in [4.78, 5) is 17.1. The number of benzene rings is 1. The van der Waals surface area contributed by atoms with Crippen molar-refractivity contribution in [2.75, 3.05) is 38.0 Å². The first-order chi connectivity index (χ1) is 12.2. The monoisotopic (exact) mass is 350 g/mol. The van der Waals surface area contributed by atoms with Crippen LogP contribution in [0.25, 0.3) is 0 Å². The van der Waals surface area contributed by atoms with Crippen LogP contribution in [0.3, 0.4) is 0 Å². The van der Waals surface area contributed by atoms with E-state index in [0.29, 0.717) is 5.69 Å². The normalized spacial score (nSPS) is 24.5. The van der Waals surface area contributed by atoms with E-state index in [4.69, 9.17) is 0 Å². The third kappa shape index (κ3) is 4.46. The maximum atomic E-state index is 13.8. The van der Waals surface area contributed by atoms with Gasteiger partial charge in [0.1, 0.15) is 18.0 Å². The molecule has 0 spiro atoms. The second-order valence-corrected chi connectivity index (χ2v) is 6.51. The fourth-order valence-electron chi connectivity index (χ4n) is 3.20. The summed E-state index contributed by atoms with van der Waals surface area (Å²) in [6, 6.07) is 5.95. The van der Waals surface area contributed by atoms with Gasteiger partial charge in [0.25, 0.3) is 0 Å². The number of nitrogens with zero attached hydrogens (tertiary/aromatic N) is 2. The lowest BCUT2D eigenvalue weighted by molar-refractivity contribution is -0.135. The summed E-state index contributed by atoms with van der Waals surface area (Å²) in [5.41, 5.74) is 9.02. The minimum absolute atomic E-state index is 0.0153. The van der Waals surface area contributed by atoms with Gasteiger partial charge < -0.3 is 10.2 Å². The summed E-state index contributed by atoms with van der Waals surface area (Å²) < 4.78 is 13.8. The Morgan fingerprint density at radius 2 is 2.00 bits per heavy atom. The van der Waals surface area contributed by atoms with Crippen LogP contribution in [0.15, 0.2) is 24.3 Å². The number of rotatable bonds is 6. The standard InChI is InChI=1S/C17H27FN6O/c1-2-3-8-23-9-11-24(12-10-23)17(25)15-16(21-22-20-15)19-14-7-5-4-6-13(14)18/h4-7,15-16,19-22H,2-3,8-12H2,1H3. The van der Waals surface area contributed by atoms with E-state index in [9.17, 15) is 9.18 Å². The number of carbonyl (C=O) groups excluding carboxylic acids is 1. The molecule has 7 nitrogen and oxygen atoms in total. The molecule has 2 unspecified atom stereocenters. The zero-order valence-corrected chi connectivity index (χ0v) is 14.6. The molecule has 25 heavy (non-hydrogen) atoms. The predicted octanol–water partition coefficient (Wildman–Crippen LogP) is 0.489. The maximum Gasteiger partial charge on any atom is 0.244 e. The number of nitrogens with one attached hydrogen (secondary N) is 4. The molecule has 0 saturated carbocycles. The summed E-state index contributed by atoms with van der Waals surface area (Å²) in [6.07, 6.45) is 1.95. The quantitative estimate of drug-likeness (QED) is 0.599. The molecule has 4 N–H and O–H groups in total. The molecule has 2 atom stereocenters.